The van der Waals surface area contributed by atoms with Gasteiger partial charge in [0.25, 0.3) is 0 Å². The minimum atomic E-state index is 0.182. The fourth-order valence-corrected chi connectivity index (χ4v) is 2.57. The molecular formula is C13H25N5. The number of aromatic nitrogens is 3. The summed E-state index contributed by atoms with van der Waals surface area (Å²) in [6.07, 6.45) is 4.48. The van der Waals surface area contributed by atoms with Crippen molar-refractivity contribution in [3.63, 3.8) is 0 Å². The van der Waals surface area contributed by atoms with Crippen molar-refractivity contribution < 1.29 is 0 Å². The van der Waals surface area contributed by atoms with Crippen LogP contribution in [0.25, 0.3) is 0 Å². The SMILES string of the molecule is CCCC1CN(Cc2cn(C)nn2)C(C)(C)CN1. The van der Waals surface area contributed by atoms with Crippen molar-refractivity contribution in [1.29, 1.82) is 0 Å². The van der Waals surface area contributed by atoms with Crippen LogP contribution >= 0.6 is 0 Å². The standard InChI is InChI=1S/C13H25N5/c1-5-6-11-8-18(13(2,3)10-14-11)9-12-7-17(4)16-15-12/h7,11,14H,5-6,8-10H2,1-4H3. The van der Waals surface area contributed by atoms with Crippen molar-refractivity contribution >= 4 is 0 Å². The number of hydrogen-bond donors (Lipinski definition) is 1. The monoisotopic (exact) mass is 251 g/mol. The maximum Gasteiger partial charge on any atom is 0.0967 e. The zero-order valence-corrected chi connectivity index (χ0v) is 12.0. The second-order valence-corrected chi connectivity index (χ2v) is 5.94. The van der Waals surface area contributed by atoms with Gasteiger partial charge in [-0.05, 0) is 20.3 Å². The normalized spacial score (nSPS) is 24.3. The lowest BCUT2D eigenvalue weighted by Gasteiger charge is -2.46. The number of aryl methyl sites for hydroxylation is 1. The first-order valence-electron chi connectivity index (χ1n) is 6.85. The lowest BCUT2D eigenvalue weighted by molar-refractivity contribution is 0.0552. The summed E-state index contributed by atoms with van der Waals surface area (Å²) in [6, 6.07) is 0.611. The van der Waals surface area contributed by atoms with Crippen LogP contribution in [0.5, 0.6) is 0 Å². The third-order valence-corrected chi connectivity index (χ3v) is 3.76. The molecule has 0 saturated carbocycles. The van der Waals surface area contributed by atoms with E-state index in [-0.39, 0.29) is 5.54 Å². The first kappa shape index (κ1) is 13.5. The summed E-state index contributed by atoms with van der Waals surface area (Å²) < 4.78 is 1.77. The van der Waals surface area contributed by atoms with Crippen LogP contribution in [-0.4, -0.2) is 44.6 Å². The summed E-state index contributed by atoms with van der Waals surface area (Å²) in [5.41, 5.74) is 1.24. The molecule has 0 aromatic carbocycles. The molecule has 1 aromatic rings. The van der Waals surface area contributed by atoms with Gasteiger partial charge >= 0.3 is 0 Å². The molecule has 18 heavy (non-hydrogen) atoms. The van der Waals surface area contributed by atoms with Crippen LogP contribution < -0.4 is 5.32 Å². The molecule has 1 saturated heterocycles. The summed E-state index contributed by atoms with van der Waals surface area (Å²) in [5, 5.41) is 11.9. The number of piperazine rings is 1. The first-order valence-corrected chi connectivity index (χ1v) is 6.85. The van der Waals surface area contributed by atoms with E-state index in [1.54, 1.807) is 4.68 Å². The van der Waals surface area contributed by atoms with Crippen LogP contribution in [0.4, 0.5) is 0 Å². The maximum atomic E-state index is 4.20. The van der Waals surface area contributed by atoms with Crippen LogP contribution in [0.3, 0.4) is 0 Å². The molecule has 2 rings (SSSR count). The largest absolute Gasteiger partial charge is 0.311 e. The Hall–Kier alpha value is -0.940. The van der Waals surface area contributed by atoms with Crippen LogP contribution in [0.15, 0.2) is 6.20 Å². The van der Waals surface area contributed by atoms with Crippen molar-refractivity contribution in [3.8, 4) is 0 Å². The Labute approximate surface area is 110 Å². The molecule has 1 N–H and O–H groups in total. The van der Waals surface area contributed by atoms with Gasteiger partial charge in [0, 0.05) is 44.5 Å². The van der Waals surface area contributed by atoms with Crippen LogP contribution in [0.2, 0.25) is 0 Å². The van der Waals surface area contributed by atoms with Gasteiger partial charge in [-0.25, -0.2) is 0 Å². The minimum absolute atomic E-state index is 0.182. The first-order chi connectivity index (χ1) is 8.51. The highest BCUT2D eigenvalue weighted by Gasteiger charge is 2.33. The molecule has 5 heteroatoms. The van der Waals surface area contributed by atoms with Crippen LogP contribution in [-0.2, 0) is 13.6 Å². The van der Waals surface area contributed by atoms with E-state index in [1.807, 2.05) is 13.2 Å². The van der Waals surface area contributed by atoms with E-state index in [2.05, 4.69) is 41.3 Å². The lowest BCUT2D eigenvalue weighted by atomic mass is 9.95. The van der Waals surface area contributed by atoms with Crippen molar-refractivity contribution in [2.24, 2.45) is 7.05 Å². The average molecular weight is 251 g/mol. The van der Waals surface area contributed by atoms with E-state index in [1.165, 1.54) is 12.8 Å². The summed E-state index contributed by atoms with van der Waals surface area (Å²) in [7, 11) is 1.92. The molecule has 5 nitrogen and oxygen atoms in total. The zero-order valence-electron chi connectivity index (χ0n) is 12.0. The third kappa shape index (κ3) is 3.09. The number of rotatable bonds is 4. The van der Waals surface area contributed by atoms with Gasteiger partial charge in [-0.2, -0.15) is 0 Å². The van der Waals surface area contributed by atoms with Gasteiger partial charge in [0.2, 0.25) is 0 Å². The van der Waals surface area contributed by atoms with E-state index >= 15 is 0 Å². The predicted octanol–water partition coefficient (Wildman–Crippen LogP) is 1.17. The summed E-state index contributed by atoms with van der Waals surface area (Å²) in [6.45, 7) is 9.85. The van der Waals surface area contributed by atoms with Gasteiger partial charge in [-0.3, -0.25) is 9.58 Å². The highest BCUT2D eigenvalue weighted by atomic mass is 15.4. The van der Waals surface area contributed by atoms with Crippen molar-refractivity contribution in [1.82, 2.24) is 25.2 Å². The number of nitrogens with zero attached hydrogens (tertiary/aromatic N) is 4. The number of hydrogen-bond acceptors (Lipinski definition) is 4. The second kappa shape index (κ2) is 5.36. The van der Waals surface area contributed by atoms with Gasteiger partial charge in [-0.1, -0.05) is 18.6 Å². The molecule has 2 heterocycles. The van der Waals surface area contributed by atoms with Crippen molar-refractivity contribution in [2.45, 2.75) is 51.7 Å². The molecule has 0 amide bonds. The Kier molecular flexibility index (Phi) is 4.02. The summed E-state index contributed by atoms with van der Waals surface area (Å²) in [4.78, 5) is 2.52. The van der Waals surface area contributed by atoms with Crippen molar-refractivity contribution in [3.05, 3.63) is 11.9 Å². The topological polar surface area (TPSA) is 46.0 Å². The van der Waals surface area contributed by atoms with Crippen LogP contribution in [0.1, 0.15) is 39.3 Å². The molecular weight excluding hydrogens is 226 g/mol. The van der Waals surface area contributed by atoms with Crippen molar-refractivity contribution in [2.75, 3.05) is 13.1 Å². The molecule has 0 radical (unpaired) electrons. The second-order valence-electron chi connectivity index (χ2n) is 5.94. The highest BCUT2D eigenvalue weighted by Crippen LogP contribution is 2.22. The Bertz CT molecular complexity index is 384. The van der Waals surface area contributed by atoms with Gasteiger partial charge in [0.05, 0.1) is 5.69 Å². The third-order valence-electron chi connectivity index (χ3n) is 3.76. The molecule has 1 fully saturated rings. The predicted molar refractivity (Wildman–Crippen MR) is 72.2 cm³/mol. The van der Waals surface area contributed by atoms with E-state index in [0.29, 0.717) is 6.04 Å². The van der Waals surface area contributed by atoms with E-state index in [0.717, 1.165) is 25.3 Å². The Balaban J connectivity index is 2.02. The Morgan fingerprint density at radius 1 is 1.50 bits per heavy atom. The smallest absolute Gasteiger partial charge is 0.0967 e. The molecule has 0 spiro atoms. The number of nitrogens with one attached hydrogen (secondary N) is 1. The highest BCUT2D eigenvalue weighted by molar-refractivity contribution is 4.99. The quantitative estimate of drug-likeness (QED) is 0.872. The average Bonchev–Trinajstić information content (AvgIpc) is 2.70. The summed E-state index contributed by atoms with van der Waals surface area (Å²) >= 11 is 0. The van der Waals surface area contributed by atoms with E-state index < -0.39 is 0 Å². The fraction of sp³-hybridized carbons (Fsp3) is 0.846. The Morgan fingerprint density at radius 2 is 2.28 bits per heavy atom. The minimum Gasteiger partial charge on any atom is -0.311 e. The molecule has 1 aliphatic heterocycles. The molecule has 1 unspecified atom stereocenters. The fourth-order valence-electron chi connectivity index (χ4n) is 2.57. The molecule has 1 aliphatic rings. The van der Waals surface area contributed by atoms with E-state index in [9.17, 15) is 0 Å². The lowest BCUT2D eigenvalue weighted by Crippen LogP contribution is -2.61. The van der Waals surface area contributed by atoms with Crippen LogP contribution in [0, 0.1) is 0 Å². The molecule has 102 valence electrons. The molecule has 1 atom stereocenters. The molecule has 1 aromatic heterocycles. The van der Waals surface area contributed by atoms with E-state index in [4.69, 9.17) is 0 Å². The van der Waals surface area contributed by atoms with Gasteiger partial charge in [0.15, 0.2) is 0 Å². The molecule has 0 bridgehead atoms. The maximum absolute atomic E-state index is 4.20. The van der Waals surface area contributed by atoms with Gasteiger partial charge in [-0.15, -0.1) is 5.10 Å². The Morgan fingerprint density at radius 3 is 2.89 bits per heavy atom. The van der Waals surface area contributed by atoms with Gasteiger partial charge in [0.1, 0.15) is 0 Å². The summed E-state index contributed by atoms with van der Waals surface area (Å²) in [5.74, 6) is 0. The molecule has 0 aliphatic carbocycles. The van der Waals surface area contributed by atoms with Gasteiger partial charge < -0.3 is 5.32 Å². The zero-order chi connectivity index (χ0) is 13.2.